The van der Waals surface area contributed by atoms with Crippen molar-refractivity contribution in [3.63, 3.8) is 0 Å². The fraction of sp³-hybridized carbons (Fsp3) is 0.214. The van der Waals surface area contributed by atoms with Crippen molar-refractivity contribution in [2.24, 2.45) is 0 Å². The van der Waals surface area contributed by atoms with Crippen molar-refractivity contribution in [3.8, 4) is 5.75 Å². The Balaban J connectivity index is 2.17. The zero-order valence-corrected chi connectivity index (χ0v) is 10.1. The van der Waals surface area contributed by atoms with Gasteiger partial charge in [0.2, 0.25) is 0 Å². The van der Waals surface area contributed by atoms with Crippen LogP contribution in [-0.4, -0.2) is 5.97 Å². The Kier molecular flexibility index (Phi) is 3.00. The summed E-state index contributed by atoms with van der Waals surface area (Å²) in [6.45, 7) is 5.53. The molecule has 1 aromatic carbocycles. The number of carbonyl (C=O) groups excluding carboxylic acids is 1. The minimum atomic E-state index is -0.386. The van der Waals surface area contributed by atoms with Crippen LogP contribution in [0.1, 0.15) is 27.4 Å². The van der Waals surface area contributed by atoms with Gasteiger partial charge in [0.25, 0.3) is 0 Å². The molecule has 0 atom stereocenters. The van der Waals surface area contributed by atoms with E-state index in [1.54, 1.807) is 32.0 Å². The summed E-state index contributed by atoms with van der Waals surface area (Å²) in [5.74, 6) is 1.44. The summed E-state index contributed by atoms with van der Waals surface area (Å²) in [6, 6.07) is 9.03. The number of benzene rings is 1. The molecule has 2 aromatic rings. The summed E-state index contributed by atoms with van der Waals surface area (Å²) >= 11 is 0. The smallest absolute Gasteiger partial charge is 0.347 e. The molecule has 0 aliphatic rings. The summed E-state index contributed by atoms with van der Waals surface area (Å²) in [7, 11) is 0. The highest BCUT2D eigenvalue weighted by molar-refractivity contribution is 5.92. The molecule has 0 N–H and O–H groups in total. The lowest BCUT2D eigenvalue weighted by atomic mass is 10.2. The Morgan fingerprint density at radius 2 is 1.76 bits per heavy atom. The molecule has 3 nitrogen and oxygen atoms in total. The molecule has 0 fully saturated rings. The van der Waals surface area contributed by atoms with E-state index in [-0.39, 0.29) is 5.97 Å². The Hall–Kier alpha value is -2.03. The van der Waals surface area contributed by atoms with Crippen LogP contribution in [-0.2, 0) is 0 Å². The van der Waals surface area contributed by atoms with Gasteiger partial charge in [0.1, 0.15) is 22.8 Å². The second-order valence-electron chi connectivity index (χ2n) is 4.03. The monoisotopic (exact) mass is 230 g/mol. The molecule has 17 heavy (non-hydrogen) atoms. The zero-order valence-electron chi connectivity index (χ0n) is 10.1. The van der Waals surface area contributed by atoms with Crippen LogP contribution in [0.3, 0.4) is 0 Å². The van der Waals surface area contributed by atoms with E-state index in [4.69, 9.17) is 9.15 Å². The van der Waals surface area contributed by atoms with Crippen LogP contribution >= 0.6 is 0 Å². The van der Waals surface area contributed by atoms with Gasteiger partial charge in [-0.2, -0.15) is 0 Å². The molecule has 0 saturated carbocycles. The molecule has 1 heterocycles. The van der Waals surface area contributed by atoms with Crippen molar-refractivity contribution in [2.75, 3.05) is 0 Å². The molecule has 0 radical (unpaired) electrons. The second-order valence-corrected chi connectivity index (χ2v) is 4.03. The van der Waals surface area contributed by atoms with Crippen LogP contribution in [0.2, 0.25) is 0 Å². The highest BCUT2D eigenvalue weighted by atomic mass is 16.5. The fourth-order valence-corrected chi connectivity index (χ4v) is 1.60. The molecule has 88 valence electrons. The normalized spacial score (nSPS) is 10.3. The number of hydrogen-bond acceptors (Lipinski definition) is 3. The molecule has 0 spiro atoms. The van der Waals surface area contributed by atoms with Crippen molar-refractivity contribution in [1.29, 1.82) is 0 Å². The van der Waals surface area contributed by atoms with Crippen LogP contribution in [0.5, 0.6) is 5.75 Å². The standard InChI is InChI=1S/C14H14O3/c1-9-4-6-12(7-5-9)17-14(15)13-8-10(2)16-11(13)3/h4-8H,1-3H3. The number of carbonyl (C=O) groups is 1. The Morgan fingerprint density at radius 1 is 1.12 bits per heavy atom. The molecule has 0 amide bonds. The molecule has 0 aliphatic carbocycles. The molecule has 0 bridgehead atoms. The van der Waals surface area contributed by atoms with E-state index in [1.165, 1.54) is 0 Å². The van der Waals surface area contributed by atoms with Gasteiger partial charge in [-0.25, -0.2) is 4.79 Å². The van der Waals surface area contributed by atoms with E-state index < -0.39 is 0 Å². The number of rotatable bonds is 2. The average Bonchev–Trinajstić information content (AvgIpc) is 2.61. The Bertz CT molecular complexity index is 535. The second kappa shape index (κ2) is 4.45. The summed E-state index contributed by atoms with van der Waals surface area (Å²) < 4.78 is 10.5. The van der Waals surface area contributed by atoms with E-state index in [1.807, 2.05) is 19.1 Å². The lowest BCUT2D eigenvalue weighted by Gasteiger charge is -2.03. The first-order valence-electron chi connectivity index (χ1n) is 5.42. The van der Waals surface area contributed by atoms with Gasteiger partial charge in [-0.3, -0.25) is 0 Å². The number of aryl methyl sites for hydroxylation is 3. The highest BCUT2D eigenvalue weighted by Gasteiger charge is 2.15. The van der Waals surface area contributed by atoms with E-state index in [0.717, 1.165) is 5.56 Å². The fourth-order valence-electron chi connectivity index (χ4n) is 1.60. The minimum Gasteiger partial charge on any atom is -0.466 e. The topological polar surface area (TPSA) is 39.4 Å². The number of furan rings is 1. The number of ether oxygens (including phenoxy) is 1. The van der Waals surface area contributed by atoms with Crippen LogP contribution in [0.4, 0.5) is 0 Å². The summed E-state index contributed by atoms with van der Waals surface area (Å²) in [6.07, 6.45) is 0. The van der Waals surface area contributed by atoms with Gasteiger partial charge in [-0.05, 0) is 39.0 Å². The first kappa shape index (κ1) is 11.5. The van der Waals surface area contributed by atoms with E-state index in [0.29, 0.717) is 22.8 Å². The third-order valence-corrected chi connectivity index (χ3v) is 2.49. The quantitative estimate of drug-likeness (QED) is 0.586. The van der Waals surface area contributed by atoms with Gasteiger partial charge in [0.05, 0.1) is 0 Å². The minimum absolute atomic E-state index is 0.386. The van der Waals surface area contributed by atoms with Gasteiger partial charge in [0.15, 0.2) is 0 Å². The molecule has 1 aromatic heterocycles. The molecular formula is C14H14O3. The lowest BCUT2D eigenvalue weighted by Crippen LogP contribution is -2.08. The van der Waals surface area contributed by atoms with Crippen LogP contribution < -0.4 is 4.74 Å². The Labute approximate surface area is 100 Å². The van der Waals surface area contributed by atoms with Crippen LogP contribution in [0.25, 0.3) is 0 Å². The third kappa shape index (κ3) is 2.56. The van der Waals surface area contributed by atoms with E-state index in [2.05, 4.69) is 0 Å². The van der Waals surface area contributed by atoms with Gasteiger partial charge in [-0.15, -0.1) is 0 Å². The van der Waals surface area contributed by atoms with Gasteiger partial charge >= 0.3 is 5.97 Å². The molecule has 0 unspecified atom stereocenters. The largest absolute Gasteiger partial charge is 0.466 e. The van der Waals surface area contributed by atoms with Gasteiger partial charge in [-0.1, -0.05) is 17.7 Å². The maximum absolute atomic E-state index is 11.9. The first-order valence-corrected chi connectivity index (χ1v) is 5.42. The van der Waals surface area contributed by atoms with E-state index >= 15 is 0 Å². The predicted molar refractivity (Wildman–Crippen MR) is 64.3 cm³/mol. The van der Waals surface area contributed by atoms with Crippen molar-refractivity contribution in [3.05, 3.63) is 53.0 Å². The van der Waals surface area contributed by atoms with Crippen molar-refractivity contribution in [1.82, 2.24) is 0 Å². The van der Waals surface area contributed by atoms with Crippen molar-refractivity contribution >= 4 is 5.97 Å². The predicted octanol–water partition coefficient (Wildman–Crippen LogP) is 3.42. The summed E-state index contributed by atoms with van der Waals surface area (Å²) in [5.41, 5.74) is 1.60. The maximum Gasteiger partial charge on any atom is 0.347 e. The van der Waals surface area contributed by atoms with Crippen LogP contribution in [0, 0.1) is 20.8 Å². The van der Waals surface area contributed by atoms with Crippen molar-refractivity contribution < 1.29 is 13.9 Å². The number of hydrogen-bond donors (Lipinski definition) is 0. The number of esters is 1. The molecule has 2 rings (SSSR count). The van der Waals surface area contributed by atoms with E-state index in [9.17, 15) is 4.79 Å². The Morgan fingerprint density at radius 3 is 2.29 bits per heavy atom. The van der Waals surface area contributed by atoms with Gasteiger partial charge in [0, 0.05) is 0 Å². The maximum atomic E-state index is 11.9. The van der Waals surface area contributed by atoms with Crippen LogP contribution in [0.15, 0.2) is 34.7 Å². The average molecular weight is 230 g/mol. The SMILES string of the molecule is Cc1ccc(OC(=O)c2cc(C)oc2C)cc1. The summed E-state index contributed by atoms with van der Waals surface area (Å²) in [4.78, 5) is 11.9. The highest BCUT2D eigenvalue weighted by Crippen LogP contribution is 2.18. The third-order valence-electron chi connectivity index (χ3n) is 2.49. The molecule has 0 saturated heterocycles. The van der Waals surface area contributed by atoms with Gasteiger partial charge < -0.3 is 9.15 Å². The zero-order chi connectivity index (χ0) is 12.4. The molecule has 3 heteroatoms. The first-order chi connectivity index (χ1) is 8.06. The molecule has 0 aliphatic heterocycles. The molecular weight excluding hydrogens is 216 g/mol. The van der Waals surface area contributed by atoms with Crippen molar-refractivity contribution in [2.45, 2.75) is 20.8 Å². The summed E-state index contributed by atoms with van der Waals surface area (Å²) in [5, 5.41) is 0. The lowest BCUT2D eigenvalue weighted by molar-refractivity contribution is 0.0733.